The first-order valence-electron chi connectivity index (χ1n) is 6.59. The Morgan fingerprint density at radius 3 is 2.71 bits per heavy atom. The molecule has 21 heavy (non-hydrogen) atoms. The number of halogens is 2. The summed E-state index contributed by atoms with van der Waals surface area (Å²) in [5.41, 5.74) is 0.710. The van der Waals surface area contributed by atoms with E-state index in [2.05, 4.69) is 11.8 Å². The lowest BCUT2D eigenvalue weighted by Crippen LogP contribution is -2.35. The van der Waals surface area contributed by atoms with E-state index in [-0.39, 0.29) is 32.9 Å². The average Bonchev–Trinajstić information content (AvgIpc) is 2.45. The van der Waals surface area contributed by atoms with Crippen LogP contribution in [0.15, 0.2) is 24.3 Å². The van der Waals surface area contributed by atoms with Gasteiger partial charge in [0.25, 0.3) is 6.43 Å². The van der Waals surface area contributed by atoms with Crippen LogP contribution in [0.5, 0.6) is 5.75 Å². The minimum atomic E-state index is -2.44. The van der Waals surface area contributed by atoms with Crippen molar-refractivity contribution in [2.24, 2.45) is 0 Å². The van der Waals surface area contributed by atoms with Gasteiger partial charge in [-0.05, 0) is 18.2 Å². The molecule has 0 heterocycles. The SMILES string of the molecule is OCC#Cc1cccc(OCCN(CCO)CC(F)F)c1. The first-order chi connectivity index (χ1) is 10.2. The highest BCUT2D eigenvalue weighted by Crippen LogP contribution is 2.12. The maximum atomic E-state index is 12.3. The predicted molar refractivity (Wildman–Crippen MR) is 75.4 cm³/mol. The minimum Gasteiger partial charge on any atom is -0.492 e. The highest BCUT2D eigenvalue weighted by atomic mass is 19.3. The number of aliphatic hydroxyl groups excluding tert-OH is 2. The highest BCUT2D eigenvalue weighted by Gasteiger charge is 2.11. The summed E-state index contributed by atoms with van der Waals surface area (Å²) < 4.78 is 30.1. The largest absolute Gasteiger partial charge is 0.492 e. The fourth-order valence-electron chi connectivity index (χ4n) is 1.73. The molecule has 0 unspecified atom stereocenters. The van der Waals surface area contributed by atoms with E-state index in [1.807, 2.05) is 0 Å². The van der Waals surface area contributed by atoms with Crippen LogP contribution in [0.4, 0.5) is 8.78 Å². The molecule has 0 aromatic heterocycles. The number of ether oxygens (including phenoxy) is 1. The smallest absolute Gasteiger partial charge is 0.251 e. The van der Waals surface area contributed by atoms with Crippen LogP contribution in [0.3, 0.4) is 0 Å². The maximum Gasteiger partial charge on any atom is 0.251 e. The molecular weight excluding hydrogens is 280 g/mol. The van der Waals surface area contributed by atoms with E-state index in [4.69, 9.17) is 14.9 Å². The van der Waals surface area contributed by atoms with Crippen molar-refractivity contribution in [1.82, 2.24) is 4.90 Å². The number of alkyl halides is 2. The molecule has 0 atom stereocenters. The first kappa shape index (κ1) is 17.4. The topological polar surface area (TPSA) is 52.9 Å². The van der Waals surface area contributed by atoms with Gasteiger partial charge >= 0.3 is 0 Å². The van der Waals surface area contributed by atoms with E-state index in [9.17, 15) is 8.78 Å². The molecule has 0 aliphatic rings. The van der Waals surface area contributed by atoms with Crippen LogP contribution in [0.2, 0.25) is 0 Å². The summed E-state index contributed by atoms with van der Waals surface area (Å²) in [6.07, 6.45) is -2.44. The summed E-state index contributed by atoms with van der Waals surface area (Å²) >= 11 is 0. The third-order valence-corrected chi connectivity index (χ3v) is 2.63. The van der Waals surface area contributed by atoms with Crippen LogP contribution in [-0.2, 0) is 0 Å². The van der Waals surface area contributed by atoms with Gasteiger partial charge in [-0.25, -0.2) is 8.78 Å². The van der Waals surface area contributed by atoms with Crippen molar-refractivity contribution in [3.05, 3.63) is 29.8 Å². The van der Waals surface area contributed by atoms with Crippen LogP contribution >= 0.6 is 0 Å². The Balaban J connectivity index is 2.46. The lowest BCUT2D eigenvalue weighted by Gasteiger charge is -2.20. The van der Waals surface area contributed by atoms with Gasteiger partial charge in [0, 0.05) is 18.7 Å². The maximum absolute atomic E-state index is 12.3. The molecule has 1 rings (SSSR count). The van der Waals surface area contributed by atoms with Gasteiger partial charge in [0.1, 0.15) is 19.0 Å². The van der Waals surface area contributed by atoms with E-state index in [0.29, 0.717) is 17.9 Å². The molecule has 0 fully saturated rings. The normalized spacial score (nSPS) is 10.6. The number of hydrogen-bond donors (Lipinski definition) is 2. The second kappa shape index (κ2) is 10.1. The van der Waals surface area contributed by atoms with Gasteiger partial charge in [-0.2, -0.15) is 0 Å². The highest BCUT2D eigenvalue weighted by molar-refractivity contribution is 5.39. The van der Waals surface area contributed by atoms with Crippen molar-refractivity contribution in [2.45, 2.75) is 6.43 Å². The van der Waals surface area contributed by atoms with Gasteiger partial charge < -0.3 is 14.9 Å². The van der Waals surface area contributed by atoms with Gasteiger partial charge in [-0.15, -0.1) is 0 Å². The van der Waals surface area contributed by atoms with Gasteiger partial charge in [0.2, 0.25) is 0 Å². The Morgan fingerprint density at radius 2 is 2.05 bits per heavy atom. The third kappa shape index (κ3) is 7.61. The number of nitrogens with zero attached hydrogens (tertiary/aromatic N) is 1. The molecular formula is C15H19F2NO3. The molecule has 4 nitrogen and oxygen atoms in total. The molecule has 0 radical (unpaired) electrons. The number of aliphatic hydroxyl groups is 2. The molecule has 0 aliphatic carbocycles. The van der Waals surface area contributed by atoms with Crippen LogP contribution in [-0.4, -0.2) is 61.0 Å². The van der Waals surface area contributed by atoms with Crippen molar-refractivity contribution in [2.75, 3.05) is 39.5 Å². The Hall–Kier alpha value is -1.68. The van der Waals surface area contributed by atoms with Crippen molar-refractivity contribution < 1.29 is 23.7 Å². The molecule has 0 saturated carbocycles. The molecule has 2 N–H and O–H groups in total. The van der Waals surface area contributed by atoms with E-state index in [0.717, 1.165) is 0 Å². The molecule has 0 aliphatic heterocycles. The zero-order valence-corrected chi connectivity index (χ0v) is 11.6. The molecule has 0 amide bonds. The summed E-state index contributed by atoms with van der Waals surface area (Å²) in [6.45, 7) is -0.0313. The zero-order chi connectivity index (χ0) is 15.5. The van der Waals surface area contributed by atoms with Gasteiger partial charge in [-0.3, -0.25) is 4.90 Å². The predicted octanol–water partition coefficient (Wildman–Crippen LogP) is 0.969. The van der Waals surface area contributed by atoms with Crippen LogP contribution in [0, 0.1) is 11.8 Å². The summed E-state index contributed by atoms with van der Waals surface area (Å²) in [5.74, 6) is 5.88. The minimum absolute atomic E-state index is 0.168. The third-order valence-electron chi connectivity index (χ3n) is 2.63. The van der Waals surface area contributed by atoms with Crippen molar-refractivity contribution in [1.29, 1.82) is 0 Å². The van der Waals surface area contributed by atoms with E-state index in [1.54, 1.807) is 24.3 Å². The number of benzene rings is 1. The Morgan fingerprint density at radius 1 is 1.24 bits per heavy atom. The number of rotatable bonds is 8. The van der Waals surface area contributed by atoms with Crippen molar-refractivity contribution >= 4 is 0 Å². The first-order valence-corrected chi connectivity index (χ1v) is 6.59. The molecule has 6 heteroatoms. The summed E-state index contributed by atoms with van der Waals surface area (Å²) in [7, 11) is 0. The van der Waals surface area contributed by atoms with E-state index in [1.165, 1.54) is 4.90 Å². The standard InChI is InChI=1S/C15H19F2NO3/c16-15(17)12-18(6-9-20)7-10-21-14-5-1-3-13(11-14)4-2-8-19/h1,3,5,11,15,19-20H,6-10,12H2. The van der Waals surface area contributed by atoms with Crippen molar-refractivity contribution in [3.8, 4) is 17.6 Å². The fourth-order valence-corrected chi connectivity index (χ4v) is 1.73. The summed E-state index contributed by atoms with van der Waals surface area (Å²) in [4.78, 5) is 1.44. The Labute approximate surface area is 123 Å². The fraction of sp³-hybridized carbons (Fsp3) is 0.467. The van der Waals surface area contributed by atoms with E-state index >= 15 is 0 Å². The Kier molecular flexibility index (Phi) is 8.36. The quantitative estimate of drug-likeness (QED) is 0.702. The monoisotopic (exact) mass is 299 g/mol. The summed E-state index contributed by atoms with van der Waals surface area (Å²) in [6, 6.07) is 7.01. The van der Waals surface area contributed by atoms with E-state index < -0.39 is 6.43 Å². The van der Waals surface area contributed by atoms with Gasteiger partial charge in [0.05, 0.1) is 13.2 Å². The number of hydrogen-bond acceptors (Lipinski definition) is 4. The van der Waals surface area contributed by atoms with Gasteiger partial charge in [-0.1, -0.05) is 17.9 Å². The average molecular weight is 299 g/mol. The molecule has 0 spiro atoms. The molecule has 0 saturated heterocycles. The second-order valence-corrected chi connectivity index (χ2v) is 4.25. The van der Waals surface area contributed by atoms with Gasteiger partial charge in [0.15, 0.2) is 0 Å². The lowest BCUT2D eigenvalue weighted by atomic mass is 10.2. The van der Waals surface area contributed by atoms with Crippen LogP contribution in [0.25, 0.3) is 0 Å². The zero-order valence-electron chi connectivity index (χ0n) is 11.6. The second-order valence-electron chi connectivity index (χ2n) is 4.25. The lowest BCUT2D eigenvalue weighted by molar-refractivity contribution is 0.0709. The van der Waals surface area contributed by atoms with Crippen LogP contribution < -0.4 is 4.74 Å². The summed E-state index contributed by atoms with van der Waals surface area (Å²) in [5, 5.41) is 17.5. The molecule has 116 valence electrons. The molecule has 0 bridgehead atoms. The van der Waals surface area contributed by atoms with Crippen molar-refractivity contribution in [3.63, 3.8) is 0 Å². The molecule has 1 aromatic rings. The van der Waals surface area contributed by atoms with Crippen LogP contribution in [0.1, 0.15) is 5.56 Å². The molecule has 1 aromatic carbocycles. The Bertz CT molecular complexity index is 471.